The Morgan fingerprint density at radius 2 is 2.06 bits per heavy atom. The van der Waals surface area contributed by atoms with Crippen LogP contribution in [0.15, 0.2) is 16.1 Å². The lowest BCUT2D eigenvalue weighted by atomic mass is 9.96. The molecule has 32 heavy (non-hydrogen) atoms. The number of aromatic nitrogens is 2. The molecular formula is C17H20N6O7S2. The van der Waals surface area contributed by atoms with Crippen LogP contribution in [0.3, 0.4) is 0 Å². The number of hydrogen-bond donors (Lipinski definition) is 4. The predicted molar refractivity (Wildman–Crippen MR) is 114 cm³/mol. The number of aliphatic carboxylic acids is 2. The molecule has 3 heterocycles. The highest BCUT2D eigenvalue weighted by Gasteiger charge is 2.55. The summed E-state index contributed by atoms with van der Waals surface area (Å²) in [5.41, 5.74) is 3.92. The zero-order chi connectivity index (χ0) is 23.8. The van der Waals surface area contributed by atoms with Gasteiger partial charge in [0.1, 0.15) is 11.4 Å². The van der Waals surface area contributed by atoms with Crippen molar-refractivity contribution in [3.05, 3.63) is 16.8 Å². The van der Waals surface area contributed by atoms with E-state index >= 15 is 0 Å². The molecule has 1 aromatic rings. The number of nitrogen functional groups attached to an aromatic ring is 1. The van der Waals surface area contributed by atoms with Gasteiger partial charge in [0.15, 0.2) is 11.2 Å². The summed E-state index contributed by atoms with van der Waals surface area (Å²) in [5, 5.41) is 25.9. The van der Waals surface area contributed by atoms with Crippen LogP contribution in [0.25, 0.3) is 0 Å². The van der Waals surface area contributed by atoms with Crippen molar-refractivity contribution in [1.29, 1.82) is 0 Å². The van der Waals surface area contributed by atoms with Crippen LogP contribution in [0.5, 0.6) is 0 Å². The Hall–Kier alpha value is -3.20. The van der Waals surface area contributed by atoms with E-state index < -0.39 is 52.5 Å². The molecule has 13 nitrogen and oxygen atoms in total. The van der Waals surface area contributed by atoms with Crippen molar-refractivity contribution in [2.24, 2.45) is 5.16 Å². The number of hydrogen-bond acceptors (Lipinski definition) is 11. The third-order valence-electron chi connectivity index (χ3n) is 4.75. The number of nitrogens with zero attached hydrogens (tertiary/aromatic N) is 4. The van der Waals surface area contributed by atoms with E-state index in [2.05, 4.69) is 19.8 Å². The first-order chi connectivity index (χ1) is 15.0. The van der Waals surface area contributed by atoms with Crippen LogP contribution in [-0.4, -0.2) is 77.0 Å². The van der Waals surface area contributed by atoms with Gasteiger partial charge in [0.2, 0.25) is 23.0 Å². The van der Waals surface area contributed by atoms with Crippen LogP contribution in [0.1, 0.15) is 33.0 Å². The molecule has 3 rings (SSSR count). The minimum Gasteiger partial charge on any atom is -0.479 e. The minimum absolute atomic E-state index is 0.0354. The molecule has 0 bridgehead atoms. The van der Waals surface area contributed by atoms with Crippen LogP contribution >= 0.6 is 23.3 Å². The SMILES string of the molecule is CCC1=CSC2[C@H](NC(=O)/C(=N\OC(C)(C)C(=O)O)c3nsc(N)n3)C(=O)N2C1C(=O)O. The van der Waals surface area contributed by atoms with Gasteiger partial charge in [0.05, 0.1) is 0 Å². The standard InChI is InChI=1S/C17H20N6O7S2/c1-4-6-5-31-13-8(12(25)23(13)9(6)14(26)27)19-11(24)7(10-20-16(18)32-22-10)21-30-17(2,3)15(28)29/h5,8-9,13H,4H2,1-3H3,(H,19,24)(H,26,27)(H,28,29)(H2,18,20,22)/b21-7-/t8-,9?,13?/m1/s1. The first-order valence-corrected chi connectivity index (χ1v) is 11.0. The van der Waals surface area contributed by atoms with Gasteiger partial charge in [-0.3, -0.25) is 9.59 Å². The molecule has 15 heteroatoms. The van der Waals surface area contributed by atoms with Gasteiger partial charge in [-0.05, 0) is 31.2 Å². The number of oxime groups is 1. The average Bonchev–Trinajstić information content (AvgIpc) is 3.16. The van der Waals surface area contributed by atoms with Gasteiger partial charge in [-0.25, -0.2) is 9.59 Å². The van der Waals surface area contributed by atoms with E-state index in [1.54, 1.807) is 12.3 Å². The van der Waals surface area contributed by atoms with E-state index in [4.69, 9.17) is 10.6 Å². The number of amides is 2. The second-order valence-electron chi connectivity index (χ2n) is 7.31. The summed E-state index contributed by atoms with van der Waals surface area (Å²) in [6, 6.07) is -2.13. The Labute approximate surface area is 189 Å². The van der Waals surface area contributed by atoms with Crippen molar-refractivity contribution in [3.8, 4) is 0 Å². The summed E-state index contributed by atoms with van der Waals surface area (Å²) in [6.07, 6.45) is 0.460. The summed E-state index contributed by atoms with van der Waals surface area (Å²) in [4.78, 5) is 58.6. The molecule has 1 fully saturated rings. The average molecular weight is 485 g/mol. The molecule has 2 unspecified atom stereocenters. The number of anilines is 1. The first-order valence-electron chi connectivity index (χ1n) is 9.27. The molecule has 3 atom stereocenters. The number of nitrogens with one attached hydrogen (secondary N) is 1. The van der Waals surface area contributed by atoms with Crippen molar-refractivity contribution >= 4 is 57.9 Å². The van der Waals surface area contributed by atoms with E-state index in [1.807, 2.05) is 0 Å². The number of carbonyl (C=O) groups is 4. The van der Waals surface area contributed by atoms with Gasteiger partial charge >= 0.3 is 11.9 Å². The highest BCUT2D eigenvalue weighted by molar-refractivity contribution is 8.02. The predicted octanol–water partition coefficient (Wildman–Crippen LogP) is -0.149. The number of thioether (sulfide) groups is 1. The molecule has 0 radical (unpaired) electrons. The maximum Gasteiger partial charge on any atom is 0.350 e. The number of carbonyl (C=O) groups excluding carboxylic acids is 2. The third-order valence-corrected chi connectivity index (χ3v) is 6.51. The molecule has 0 aliphatic carbocycles. The molecular weight excluding hydrogens is 464 g/mol. The van der Waals surface area contributed by atoms with Crippen LogP contribution in [-0.2, 0) is 24.0 Å². The largest absolute Gasteiger partial charge is 0.479 e. The minimum atomic E-state index is -1.76. The van der Waals surface area contributed by atoms with Crippen LogP contribution < -0.4 is 11.1 Å². The van der Waals surface area contributed by atoms with Gasteiger partial charge in [-0.1, -0.05) is 12.1 Å². The molecule has 1 aromatic heterocycles. The second-order valence-corrected chi connectivity index (χ2v) is 9.09. The fourth-order valence-electron chi connectivity index (χ4n) is 2.92. The second kappa shape index (κ2) is 8.74. The van der Waals surface area contributed by atoms with Gasteiger partial charge in [0, 0.05) is 11.5 Å². The molecule has 172 valence electrons. The fraction of sp³-hybridized carbons (Fsp3) is 0.471. The van der Waals surface area contributed by atoms with Crippen molar-refractivity contribution in [1.82, 2.24) is 19.6 Å². The Kier molecular flexibility index (Phi) is 6.41. The third kappa shape index (κ3) is 4.25. The normalized spacial score (nSPS) is 23.0. The molecule has 1 saturated heterocycles. The molecule has 0 saturated carbocycles. The monoisotopic (exact) mass is 484 g/mol. The smallest absolute Gasteiger partial charge is 0.350 e. The van der Waals surface area contributed by atoms with Crippen molar-refractivity contribution in [3.63, 3.8) is 0 Å². The highest BCUT2D eigenvalue weighted by atomic mass is 32.2. The molecule has 2 aliphatic rings. The van der Waals surface area contributed by atoms with E-state index in [0.717, 1.165) is 11.5 Å². The first kappa shape index (κ1) is 23.5. The fourth-order valence-corrected chi connectivity index (χ4v) is 4.66. The number of carboxylic acids is 2. The summed E-state index contributed by atoms with van der Waals surface area (Å²) in [6.45, 7) is 4.25. The number of β-lactam (4-membered cyclic amide) rings is 1. The van der Waals surface area contributed by atoms with E-state index in [-0.39, 0.29) is 11.0 Å². The quantitative estimate of drug-likeness (QED) is 0.217. The van der Waals surface area contributed by atoms with Crippen LogP contribution in [0.2, 0.25) is 0 Å². The summed E-state index contributed by atoms with van der Waals surface area (Å²) < 4.78 is 3.89. The Morgan fingerprint density at radius 3 is 2.59 bits per heavy atom. The number of carboxylic acid groups (broad SMARTS) is 2. The van der Waals surface area contributed by atoms with Gasteiger partial charge in [0.25, 0.3) is 5.91 Å². The van der Waals surface area contributed by atoms with Crippen LogP contribution in [0.4, 0.5) is 5.13 Å². The van der Waals surface area contributed by atoms with Crippen molar-refractivity contribution < 1.29 is 34.2 Å². The summed E-state index contributed by atoms with van der Waals surface area (Å²) in [5.74, 6) is -4.16. The Bertz CT molecular complexity index is 1040. The Morgan fingerprint density at radius 1 is 1.38 bits per heavy atom. The van der Waals surface area contributed by atoms with Crippen molar-refractivity contribution in [2.75, 3.05) is 5.73 Å². The van der Waals surface area contributed by atoms with Gasteiger partial charge in [-0.2, -0.15) is 9.36 Å². The molecule has 0 spiro atoms. The zero-order valence-electron chi connectivity index (χ0n) is 17.1. The maximum atomic E-state index is 12.9. The van der Waals surface area contributed by atoms with E-state index in [9.17, 15) is 29.4 Å². The molecule has 0 aromatic carbocycles. The van der Waals surface area contributed by atoms with Crippen LogP contribution in [0, 0.1) is 0 Å². The molecule has 2 aliphatic heterocycles. The molecule has 5 N–H and O–H groups in total. The van der Waals surface area contributed by atoms with Gasteiger partial charge in [-0.15, -0.1) is 11.8 Å². The Balaban J connectivity index is 1.83. The number of fused-ring (bicyclic) bond motifs is 1. The topological polar surface area (TPSA) is 197 Å². The van der Waals surface area contributed by atoms with Crippen molar-refractivity contribution in [2.45, 2.75) is 50.3 Å². The lowest BCUT2D eigenvalue weighted by Crippen LogP contribution is -2.74. The summed E-state index contributed by atoms with van der Waals surface area (Å²) in [7, 11) is 0. The number of rotatable bonds is 8. The highest BCUT2D eigenvalue weighted by Crippen LogP contribution is 2.40. The zero-order valence-corrected chi connectivity index (χ0v) is 18.8. The summed E-state index contributed by atoms with van der Waals surface area (Å²) >= 11 is 2.01. The number of nitrogens with two attached hydrogens (primary N) is 1. The maximum absolute atomic E-state index is 12.9. The lowest BCUT2D eigenvalue weighted by molar-refractivity contribution is -0.161. The molecule has 2 amide bonds. The van der Waals surface area contributed by atoms with E-state index in [1.165, 1.54) is 30.5 Å². The van der Waals surface area contributed by atoms with E-state index in [0.29, 0.717) is 12.0 Å². The van der Waals surface area contributed by atoms with Gasteiger partial charge < -0.3 is 31.0 Å². The lowest BCUT2D eigenvalue weighted by Gasteiger charge is -2.51.